The molecule has 1 saturated carbocycles. The molecule has 1 aliphatic carbocycles. The topological polar surface area (TPSA) is 64.6 Å². The summed E-state index contributed by atoms with van der Waals surface area (Å²) < 4.78 is 10.6. The second-order valence-corrected chi connectivity index (χ2v) is 4.91. The standard InChI is InChI=1S/C15H23NO4/c1-4-6-11(3)9-19-15(18)12-7-13(8-12)20-10-16-14(17)5-2/h4,6,12-13H,1,5,7-10H2,2-3H3,(H,16,17)/b11-6+/t12-,13+. The number of carbonyl (C=O) groups excluding carboxylic acids is 2. The molecule has 0 aromatic heterocycles. The van der Waals surface area contributed by atoms with Gasteiger partial charge in [0.2, 0.25) is 5.91 Å². The van der Waals surface area contributed by atoms with Gasteiger partial charge in [0, 0.05) is 6.42 Å². The van der Waals surface area contributed by atoms with Gasteiger partial charge in [-0.2, -0.15) is 0 Å². The largest absolute Gasteiger partial charge is 0.461 e. The number of esters is 1. The molecule has 1 aliphatic rings. The lowest BCUT2D eigenvalue weighted by Crippen LogP contribution is -2.40. The van der Waals surface area contributed by atoms with Crippen LogP contribution < -0.4 is 5.32 Å². The minimum atomic E-state index is -0.181. The van der Waals surface area contributed by atoms with Crippen molar-refractivity contribution in [1.82, 2.24) is 5.32 Å². The fraction of sp³-hybridized carbons (Fsp3) is 0.600. The highest BCUT2D eigenvalue weighted by molar-refractivity contribution is 5.75. The van der Waals surface area contributed by atoms with Crippen LogP contribution in [0.15, 0.2) is 24.3 Å². The number of hydrogen-bond acceptors (Lipinski definition) is 4. The molecule has 0 unspecified atom stereocenters. The highest BCUT2D eigenvalue weighted by atomic mass is 16.5. The normalized spacial score (nSPS) is 21.8. The summed E-state index contributed by atoms with van der Waals surface area (Å²) >= 11 is 0. The maximum atomic E-state index is 11.7. The number of nitrogens with one attached hydrogen (secondary N) is 1. The molecule has 1 fully saturated rings. The number of ether oxygens (including phenoxy) is 2. The van der Waals surface area contributed by atoms with Crippen molar-refractivity contribution in [3.05, 3.63) is 24.3 Å². The van der Waals surface area contributed by atoms with Gasteiger partial charge in [-0.05, 0) is 25.3 Å². The van der Waals surface area contributed by atoms with E-state index in [1.807, 2.05) is 13.0 Å². The van der Waals surface area contributed by atoms with Gasteiger partial charge in [-0.3, -0.25) is 9.59 Å². The van der Waals surface area contributed by atoms with Gasteiger partial charge in [0.1, 0.15) is 13.3 Å². The van der Waals surface area contributed by atoms with Gasteiger partial charge in [-0.1, -0.05) is 25.7 Å². The molecule has 0 spiro atoms. The third-order valence-electron chi connectivity index (χ3n) is 3.18. The van der Waals surface area contributed by atoms with E-state index in [0.29, 0.717) is 25.9 Å². The van der Waals surface area contributed by atoms with E-state index in [1.54, 1.807) is 13.0 Å². The molecular formula is C15H23NO4. The molecule has 1 amide bonds. The molecule has 0 saturated heterocycles. The lowest BCUT2D eigenvalue weighted by atomic mass is 9.82. The Labute approximate surface area is 120 Å². The first-order valence-corrected chi connectivity index (χ1v) is 6.90. The zero-order chi connectivity index (χ0) is 15.0. The molecule has 0 radical (unpaired) electrons. The van der Waals surface area contributed by atoms with E-state index in [0.717, 1.165) is 5.57 Å². The zero-order valence-electron chi connectivity index (χ0n) is 12.2. The van der Waals surface area contributed by atoms with Crippen LogP contribution in [0.25, 0.3) is 0 Å². The van der Waals surface area contributed by atoms with Gasteiger partial charge >= 0.3 is 5.97 Å². The van der Waals surface area contributed by atoms with Crippen LogP contribution in [-0.4, -0.2) is 31.3 Å². The Balaban J connectivity index is 2.11. The Morgan fingerprint density at radius 1 is 1.40 bits per heavy atom. The van der Waals surface area contributed by atoms with Crippen molar-refractivity contribution in [2.24, 2.45) is 5.92 Å². The lowest BCUT2D eigenvalue weighted by Gasteiger charge is -2.33. The van der Waals surface area contributed by atoms with Crippen molar-refractivity contribution in [1.29, 1.82) is 0 Å². The first kappa shape index (κ1) is 16.4. The summed E-state index contributed by atoms with van der Waals surface area (Å²) in [7, 11) is 0. The molecule has 5 nitrogen and oxygen atoms in total. The van der Waals surface area contributed by atoms with Crippen molar-refractivity contribution in [2.45, 2.75) is 39.2 Å². The Morgan fingerprint density at radius 2 is 2.10 bits per heavy atom. The number of carbonyl (C=O) groups is 2. The average molecular weight is 281 g/mol. The van der Waals surface area contributed by atoms with E-state index in [9.17, 15) is 9.59 Å². The third kappa shape index (κ3) is 5.57. The van der Waals surface area contributed by atoms with Crippen molar-refractivity contribution in [2.75, 3.05) is 13.3 Å². The molecule has 0 atom stereocenters. The smallest absolute Gasteiger partial charge is 0.309 e. The summed E-state index contributed by atoms with van der Waals surface area (Å²) in [5, 5.41) is 2.64. The first-order chi connectivity index (χ1) is 9.56. The van der Waals surface area contributed by atoms with Gasteiger partial charge in [0.15, 0.2) is 0 Å². The Morgan fingerprint density at radius 3 is 2.70 bits per heavy atom. The fourth-order valence-electron chi connectivity index (χ4n) is 1.81. The fourth-order valence-corrected chi connectivity index (χ4v) is 1.81. The predicted octanol–water partition coefficient (Wildman–Crippen LogP) is 1.94. The minimum absolute atomic E-state index is 0.0366. The van der Waals surface area contributed by atoms with Crippen molar-refractivity contribution in [3.8, 4) is 0 Å². The van der Waals surface area contributed by atoms with Crippen molar-refractivity contribution < 1.29 is 19.1 Å². The van der Waals surface area contributed by atoms with Gasteiger partial charge < -0.3 is 14.8 Å². The summed E-state index contributed by atoms with van der Waals surface area (Å²) in [4.78, 5) is 22.7. The van der Waals surface area contributed by atoms with Gasteiger partial charge in [-0.15, -0.1) is 0 Å². The first-order valence-electron chi connectivity index (χ1n) is 6.90. The van der Waals surface area contributed by atoms with Gasteiger partial charge in [0.05, 0.1) is 12.0 Å². The van der Waals surface area contributed by atoms with Crippen molar-refractivity contribution in [3.63, 3.8) is 0 Å². The summed E-state index contributed by atoms with van der Waals surface area (Å²) in [6, 6.07) is 0. The third-order valence-corrected chi connectivity index (χ3v) is 3.18. The molecule has 0 aromatic rings. The van der Waals surface area contributed by atoms with Crippen LogP contribution in [0.2, 0.25) is 0 Å². The van der Waals surface area contributed by atoms with E-state index in [-0.39, 0.29) is 30.6 Å². The summed E-state index contributed by atoms with van der Waals surface area (Å²) in [6.45, 7) is 7.77. The van der Waals surface area contributed by atoms with Crippen molar-refractivity contribution >= 4 is 11.9 Å². The SMILES string of the molecule is C=C/C=C(\C)COC(=O)[C@H]1C[C@@H](OCNC(=O)CC)C1. The van der Waals surface area contributed by atoms with E-state index in [2.05, 4.69) is 11.9 Å². The molecule has 112 valence electrons. The van der Waals surface area contributed by atoms with E-state index in [4.69, 9.17) is 9.47 Å². The number of hydrogen-bond donors (Lipinski definition) is 1. The molecule has 1 N–H and O–H groups in total. The van der Waals surface area contributed by atoms with Crippen LogP contribution in [-0.2, 0) is 19.1 Å². The van der Waals surface area contributed by atoms with Crippen LogP contribution in [0.1, 0.15) is 33.1 Å². The van der Waals surface area contributed by atoms with Crippen LogP contribution in [0.3, 0.4) is 0 Å². The molecule has 0 aliphatic heterocycles. The highest BCUT2D eigenvalue weighted by Gasteiger charge is 2.36. The van der Waals surface area contributed by atoms with Gasteiger partial charge in [-0.25, -0.2) is 0 Å². The molecule has 0 heterocycles. The highest BCUT2D eigenvalue weighted by Crippen LogP contribution is 2.31. The van der Waals surface area contributed by atoms with Crippen LogP contribution in [0, 0.1) is 5.92 Å². The zero-order valence-corrected chi connectivity index (χ0v) is 12.2. The van der Waals surface area contributed by atoms with Gasteiger partial charge in [0.25, 0.3) is 0 Å². The lowest BCUT2D eigenvalue weighted by molar-refractivity contribution is -0.157. The summed E-state index contributed by atoms with van der Waals surface area (Å²) in [6.07, 6.45) is 5.28. The summed E-state index contributed by atoms with van der Waals surface area (Å²) in [5.41, 5.74) is 0.961. The predicted molar refractivity (Wildman–Crippen MR) is 75.8 cm³/mol. The second kappa shape index (κ2) is 8.53. The molecule has 0 aromatic carbocycles. The van der Waals surface area contributed by atoms with Crippen LogP contribution in [0.4, 0.5) is 0 Å². The van der Waals surface area contributed by atoms with E-state index >= 15 is 0 Å². The van der Waals surface area contributed by atoms with E-state index in [1.165, 1.54) is 0 Å². The molecule has 1 rings (SSSR count). The quantitative estimate of drug-likeness (QED) is 0.419. The number of amides is 1. The molecule has 0 bridgehead atoms. The maximum Gasteiger partial charge on any atom is 0.309 e. The number of rotatable bonds is 8. The summed E-state index contributed by atoms with van der Waals surface area (Å²) in [5.74, 6) is -0.303. The Hall–Kier alpha value is -1.62. The molecule has 5 heteroatoms. The molecular weight excluding hydrogens is 258 g/mol. The monoisotopic (exact) mass is 281 g/mol. The Bertz CT molecular complexity index is 383. The van der Waals surface area contributed by atoms with Crippen LogP contribution >= 0.6 is 0 Å². The Kier molecular flexibility index (Phi) is 7.01. The number of allylic oxidation sites excluding steroid dienone is 2. The minimum Gasteiger partial charge on any atom is -0.461 e. The maximum absolute atomic E-state index is 11.7. The molecule has 20 heavy (non-hydrogen) atoms. The van der Waals surface area contributed by atoms with Crippen LogP contribution in [0.5, 0.6) is 0 Å². The second-order valence-electron chi connectivity index (χ2n) is 4.91. The average Bonchev–Trinajstić information content (AvgIpc) is 2.38. The van der Waals surface area contributed by atoms with E-state index < -0.39 is 0 Å².